The Balaban J connectivity index is 1.36. The number of aliphatic hydroxyl groups excluding tert-OH is 2. The Hall–Kier alpha value is -2.89. The van der Waals surface area contributed by atoms with E-state index in [1.807, 2.05) is 49.0 Å². The van der Waals surface area contributed by atoms with Gasteiger partial charge in [0.1, 0.15) is 18.1 Å². The van der Waals surface area contributed by atoms with Crippen LogP contribution in [0.3, 0.4) is 0 Å². The minimum Gasteiger partial charge on any atom is -0.487 e. The fraction of sp³-hybridized carbons (Fsp3) is 0.636. The summed E-state index contributed by atoms with van der Waals surface area (Å²) in [7, 11) is 0. The highest BCUT2D eigenvalue weighted by Gasteiger charge is 2.64. The molecule has 0 spiro atoms. The van der Waals surface area contributed by atoms with E-state index >= 15 is 0 Å². The van der Waals surface area contributed by atoms with Crippen LogP contribution in [-0.4, -0.2) is 69.9 Å². The first-order valence-corrected chi connectivity index (χ1v) is 21.5. The number of hydrogen-bond donors (Lipinski definition) is 2. The van der Waals surface area contributed by atoms with Gasteiger partial charge < -0.3 is 34.0 Å². The molecule has 1 unspecified atom stereocenters. The molecule has 0 radical (unpaired) electrons. The van der Waals surface area contributed by atoms with Crippen molar-refractivity contribution in [1.82, 2.24) is 4.98 Å². The maximum Gasteiger partial charge on any atom is 0.230 e. The minimum absolute atomic E-state index is 0.0275. The molecule has 2 N–H and O–H groups in total. The number of aryl methyl sites for hydroxylation is 1. The van der Waals surface area contributed by atoms with Crippen LogP contribution < -0.4 is 9.47 Å². The van der Waals surface area contributed by atoms with Gasteiger partial charge in [-0.3, -0.25) is 4.98 Å². The molecule has 10 heteroatoms. The fourth-order valence-electron chi connectivity index (χ4n) is 9.54. The Labute approximate surface area is 325 Å². The molecule has 7 rings (SSSR count). The van der Waals surface area contributed by atoms with Crippen molar-refractivity contribution in [3.8, 4) is 11.5 Å². The summed E-state index contributed by atoms with van der Waals surface area (Å²) < 4.78 is 26.9. The van der Waals surface area contributed by atoms with Gasteiger partial charge in [-0.15, -0.1) is 18.3 Å². The Morgan fingerprint density at radius 2 is 1.83 bits per heavy atom. The van der Waals surface area contributed by atoms with Gasteiger partial charge in [0.25, 0.3) is 0 Å². The Bertz CT molecular complexity index is 1600. The second-order valence-corrected chi connectivity index (χ2v) is 17.3. The number of rotatable bonds is 18. The van der Waals surface area contributed by atoms with E-state index in [4.69, 9.17) is 28.9 Å². The lowest BCUT2D eigenvalue weighted by atomic mass is 9.56. The van der Waals surface area contributed by atoms with Crippen molar-refractivity contribution in [3.05, 3.63) is 77.7 Å². The molecule has 0 bridgehead atoms. The van der Waals surface area contributed by atoms with E-state index in [-0.39, 0.29) is 48.4 Å². The van der Waals surface area contributed by atoms with Crippen LogP contribution in [0.4, 0.5) is 0 Å². The van der Waals surface area contributed by atoms with Gasteiger partial charge in [0, 0.05) is 48.5 Å². The van der Waals surface area contributed by atoms with Crippen molar-refractivity contribution in [1.29, 1.82) is 0 Å². The topological polar surface area (TPSA) is 112 Å². The Kier molecular flexibility index (Phi) is 13.7. The number of allylic oxidation sites excluding steroid dienone is 1. The van der Waals surface area contributed by atoms with Crippen LogP contribution >= 0.6 is 11.8 Å². The lowest BCUT2D eigenvalue weighted by molar-refractivity contribution is -0.223. The Morgan fingerprint density at radius 3 is 2.59 bits per heavy atom. The van der Waals surface area contributed by atoms with Crippen LogP contribution in [0.1, 0.15) is 113 Å². The van der Waals surface area contributed by atoms with Gasteiger partial charge in [0.05, 0.1) is 35.8 Å². The smallest absolute Gasteiger partial charge is 0.230 e. The van der Waals surface area contributed by atoms with Crippen LogP contribution in [-0.2, 0) is 20.9 Å². The van der Waals surface area contributed by atoms with E-state index in [1.54, 1.807) is 0 Å². The predicted octanol–water partition coefficient (Wildman–Crippen LogP) is 8.81. The number of unbranched alkanes of at least 4 members (excludes halogenated alkanes) is 2. The molecule has 2 saturated carbocycles. The Morgan fingerprint density at radius 1 is 1.02 bits per heavy atom. The zero-order chi connectivity index (χ0) is 37.3. The zero-order valence-corrected chi connectivity index (χ0v) is 32.9. The van der Waals surface area contributed by atoms with Crippen molar-refractivity contribution < 1.29 is 34.0 Å². The van der Waals surface area contributed by atoms with Gasteiger partial charge in [-0.2, -0.15) is 0 Å². The van der Waals surface area contributed by atoms with Crippen LogP contribution in [0.2, 0.25) is 0 Å². The largest absolute Gasteiger partial charge is 0.487 e. The molecule has 54 heavy (non-hydrogen) atoms. The second-order valence-electron chi connectivity index (χ2n) is 15.7. The molecular weight excluding hydrogens is 701 g/mol. The summed E-state index contributed by atoms with van der Waals surface area (Å²) in [6.45, 7) is 7.85. The molecule has 5 aliphatic rings. The van der Waals surface area contributed by atoms with Gasteiger partial charge in [-0.05, 0) is 106 Å². The van der Waals surface area contributed by atoms with Crippen LogP contribution in [0.25, 0.3) is 0 Å². The fourth-order valence-corrected chi connectivity index (χ4v) is 11.3. The lowest BCUT2D eigenvalue weighted by Gasteiger charge is -2.58. The first-order chi connectivity index (χ1) is 26.5. The summed E-state index contributed by atoms with van der Waals surface area (Å²) in [4.78, 5) is 10.9. The van der Waals surface area contributed by atoms with Crippen LogP contribution in [0.5, 0.6) is 11.5 Å². The van der Waals surface area contributed by atoms with Gasteiger partial charge in [0.2, 0.25) is 12.1 Å². The molecule has 0 amide bonds. The third kappa shape index (κ3) is 8.88. The number of thioether (sulfide) groups is 1. The maximum atomic E-state index is 9.92. The monoisotopic (exact) mass is 760 g/mol. The van der Waals surface area contributed by atoms with E-state index < -0.39 is 5.79 Å². The summed E-state index contributed by atoms with van der Waals surface area (Å²) in [6.07, 6.45) is 17.7. The van der Waals surface area contributed by atoms with Crippen molar-refractivity contribution in [2.45, 2.75) is 132 Å². The van der Waals surface area contributed by atoms with Crippen LogP contribution in [0.15, 0.2) is 65.9 Å². The average molecular weight is 761 g/mol. The van der Waals surface area contributed by atoms with Gasteiger partial charge in [-0.25, -0.2) is 0 Å². The van der Waals surface area contributed by atoms with E-state index in [2.05, 4.69) is 29.8 Å². The highest BCUT2D eigenvalue weighted by Crippen LogP contribution is 2.63. The third-order valence-corrected chi connectivity index (χ3v) is 13.7. The molecule has 9 nitrogen and oxygen atoms in total. The summed E-state index contributed by atoms with van der Waals surface area (Å²) >= 11 is 2.02. The molecule has 2 aromatic rings. The second kappa shape index (κ2) is 18.8. The van der Waals surface area contributed by atoms with E-state index in [0.717, 1.165) is 97.5 Å². The third-order valence-electron chi connectivity index (χ3n) is 12.0. The molecule has 7 atom stereocenters. The van der Waals surface area contributed by atoms with Gasteiger partial charge in [-0.1, -0.05) is 49.1 Å². The number of ether oxygens (including phenoxy) is 4. The molecule has 3 fully saturated rings. The number of aliphatic hydroxyl groups is 2. The van der Waals surface area contributed by atoms with Crippen LogP contribution in [0, 0.1) is 24.7 Å². The van der Waals surface area contributed by atoms with Crippen molar-refractivity contribution in [3.63, 3.8) is 0 Å². The normalized spacial score (nSPS) is 29.9. The van der Waals surface area contributed by atoms with Gasteiger partial charge in [0.15, 0.2) is 0 Å². The molecular formula is C44H60N2O7S. The number of oxime groups is 1. The minimum atomic E-state index is -0.954. The summed E-state index contributed by atoms with van der Waals surface area (Å²) in [5.41, 5.74) is 5.09. The summed E-state index contributed by atoms with van der Waals surface area (Å²) in [5, 5.41) is 25.2. The molecule has 2 aliphatic heterocycles. The number of hydrogen-bond acceptors (Lipinski definition) is 10. The summed E-state index contributed by atoms with van der Waals surface area (Å²) in [5.74, 6) is 1.01. The molecule has 1 saturated heterocycles. The maximum absolute atomic E-state index is 9.92. The first-order valence-electron chi connectivity index (χ1n) is 20.6. The number of fused-ring (bicyclic) bond motifs is 2. The first kappa shape index (κ1) is 39.3. The molecule has 3 heterocycles. The number of nitrogens with zero attached hydrogens (tertiary/aromatic N) is 2. The molecule has 3 aliphatic carbocycles. The highest BCUT2D eigenvalue weighted by molar-refractivity contribution is 8.00. The standard InChI is InChI=1S/C44H60N2O7S/c1-3-24-51-44-40(54-34-16-4-5-17-34)28-38(46-53-41-19-8-11-25-49-41)36-26-31(14-6-9-22-47)35(18-7-10-23-48)42(43(36)44)37-27-33(20-21-39(37)52-44)50-29-32-15-12-13-30(2)45-32/h3,12-13,15,20-21,26-27,31,34-35,40-43,47-48H,1,4-11,14,16-19,22-25,28-29H2,2H3/t31-,35+,40-,41?,42+,43+,44+/m0/s1. The van der Waals surface area contributed by atoms with Gasteiger partial charge >= 0.3 is 0 Å². The SMILES string of the molecule is C=CCO[C@@]12Oc3ccc(OCc4cccc(C)n4)cc3[C@H]3[C@H](CCCCO)[C@@H](CCCCO)C=C(C(=NOC4CCCCO4)C[C@@H]1SC1CCCC1)[C@H]32. The lowest BCUT2D eigenvalue weighted by Crippen LogP contribution is -2.64. The van der Waals surface area contributed by atoms with E-state index in [0.29, 0.717) is 31.5 Å². The quantitative estimate of drug-likeness (QED) is 0.0875. The van der Waals surface area contributed by atoms with Crippen molar-refractivity contribution in [2.75, 3.05) is 26.4 Å². The van der Waals surface area contributed by atoms with Crippen molar-refractivity contribution >= 4 is 17.5 Å². The molecule has 1 aromatic carbocycles. The zero-order valence-electron chi connectivity index (χ0n) is 32.0. The average Bonchev–Trinajstić information content (AvgIpc) is 3.71. The number of benzene rings is 1. The van der Waals surface area contributed by atoms with Crippen molar-refractivity contribution in [2.24, 2.45) is 22.9 Å². The van der Waals surface area contributed by atoms with E-state index in [9.17, 15) is 10.2 Å². The number of pyridine rings is 1. The van der Waals surface area contributed by atoms with E-state index in [1.165, 1.54) is 25.7 Å². The molecule has 1 aromatic heterocycles. The number of aromatic nitrogens is 1. The highest BCUT2D eigenvalue weighted by atomic mass is 32.2. The predicted molar refractivity (Wildman–Crippen MR) is 213 cm³/mol. The molecule has 294 valence electrons. The summed E-state index contributed by atoms with van der Waals surface area (Å²) in [6, 6.07) is 12.3.